The molecule has 0 bridgehead atoms. The maximum atomic E-state index is 5.20. The van der Waals surface area contributed by atoms with Crippen molar-refractivity contribution in [2.45, 2.75) is 12.2 Å². The average Bonchev–Trinajstić information content (AvgIpc) is 2.33. The highest BCUT2D eigenvalue weighted by molar-refractivity contribution is 7.38. The first-order chi connectivity index (χ1) is 4.38. The molecule has 1 rings (SSSR count). The van der Waals surface area contributed by atoms with E-state index in [1.807, 2.05) is 0 Å². The van der Waals surface area contributed by atoms with Crippen LogP contribution >= 0.6 is 8.58 Å². The monoisotopic (exact) mass is 148 g/mol. The molecule has 1 aliphatic rings. The lowest BCUT2D eigenvalue weighted by molar-refractivity contribution is -0.00461. The van der Waals surface area contributed by atoms with Gasteiger partial charge >= 0.3 is 0 Å². The second-order valence-electron chi connectivity index (χ2n) is 2.21. The number of rotatable bonds is 2. The van der Waals surface area contributed by atoms with Crippen molar-refractivity contribution in [1.82, 2.24) is 0 Å². The highest BCUT2D eigenvalue weighted by Crippen LogP contribution is 2.27. The predicted molar refractivity (Wildman–Crippen MR) is 39.6 cm³/mol. The summed E-state index contributed by atoms with van der Waals surface area (Å²) >= 11 is 0. The van der Waals surface area contributed by atoms with E-state index in [1.165, 1.54) is 12.3 Å². The second-order valence-corrected chi connectivity index (χ2v) is 3.52. The molecule has 2 nitrogen and oxygen atoms in total. The fraction of sp³-hybridized carbons (Fsp3) is 1.00. The standard InChI is InChI=1S/C6H13O2P/c1-7-5-3-9-4-6(5)8-2/h5-6,9H,3-4H2,1-2H3/t5-,6-/m0/s1. The molecule has 54 valence electrons. The Morgan fingerprint density at radius 3 is 1.89 bits per heavy atom. The maximum absolute atomic E-state index is 5.20. The first-order valence-corrected chi connectivity index (χ1v) is 4.56. The van der Waals surface area contributed by atoms with E-state index in [2.05, 4.69) is 0 Å². The van der Waals surface area contributed by atoms with Crippen LogP contribution in [-0.2, 0) is 9.47 Å². The molecule has 0 aromatic carbocycles. The van der Waals surface area contributed by atoms with Crippen LogP contribution in [0, 0.1) is 0 Å². The molecule has 0 aromatic heterocycles. The summed E-state index contributed by atoms with van der Waals surface area (Å²) in [5.74, 6) is 0. The molecule has 1 saturated heterocycles. The molecule has 1 fully saturated rings. The van der Waals surface area contributed by atoms with Gasteiger partial charge in [-0.05, 0) is 12.3 Å². The summed E-state index contributed by atoms with van der Waals surface area (Å²) in [6, 6.07) is 0. The van der Waals surface area contributed by atoms with Crippen molar-refractivity contribution in [3.05, 3.63) is 0 Å². The van der Waals surface area contributed by atoms with Gasteiger partial charge in [0.25, 0.3) is 0 Å². The van der Waals surface area contributed by atoms with Gasteiger partial charge in [0, 0.05) is 14.2 Å². The van der Waals surface area contributed by atoms with Crippen LogP contribution in [-0.4, -0.2) is 38.8 Å². The van der Waals surface area contributed by atoms with Crippen LogP contribution in [0.4, 0.5) is 0 Å². The van der Waals surface area contributed by atoms with E-state index in [0.29, 0.717) is 12.2 Å². The van der Waals surface area contributed by atoms with Gasteiger partial charge in [0.1, 0.15) is 0 Å². The van der Waals surface area contributed by atoms with Crippen molar-refractivity contribution in [2.75, 3.05) is 26.5 Å². The van der Waals surface area contributed by atoms with E-state index in [-0.39, 0.29) is 0 Å². The van der Waals surface area contributed by atoms with Gasteiger partial charge in [-0.3, -0.25) is 0 Å². The Morgan fingerprint density at radius 2 is 1.56 bits per heavy atom. The third kappa shape index (κ3) is 1.64. The van der Waals surface area contributed by atoms with Crippen molar-refractivity contribution >= 4 is 8.58 Å². The minimum Gasteiger partial charge on any atom is -0.378 e. The molecule has 0 aliphatic carbocycles. The molecule has 2 atom stereocenters. The Hall–Kier alpha value is 0.350. The lowest BCUT2D eigenvalue weighted by Crippen LogP contribution is -2.27. The summed E-state index contributed by atoms with van der Waals surface area (Å²) < 4.78 is 10.4. The van der Waals surface area contributed by atoms with Crippen LogP contribution in [0.3, 0.4) is 0 Å². The zero-order valence-corrected chi connectivity index (χ0v) is 6.89. The quantitative estimate of drug-likeness (QED) is 0.537. The van der Waals surface area contributed by atoms with Crippen LogP contribution in [0.1, 0.15) is 0 Å². The first-order valence-electron chi connectivity index (χ1n) is 3.14. The molecule has 0 unspecified atom stereocenters. The van der Waals surface area contributed by atoms with Crippen molar-refractivity contribution in [3.8, 4) is 0 Å². The second kappa shape index (κ2) is 3.50. The van der Waals surface area contributed by atoms with Gasteiger partial charge in [0.15, 0.2) is 0 Å². The van der Waals surface area contributed by atoms with E-state index in [1.54, 1.807) is 14.2 Å². The van der Waals surface area contributed by atoms with Crippen LogP contribution < -0.4 is 0 Å². The first kappa shape index (κ1) is 7.46. The Morgan fingerprint density at radius 1 is 1.11 bits per heavy atom. The third-order valence-electron chi connectivity index (χ3n) is 1.71. The van der Waals surface area contributed by atoms with E-state index >= 15 is 0 Å². The van der Waals surface area contributed by atoms with Crippen molar-refractivity contribution in [2.24, 2.45) is 0 Å². The van der Waals surface area contributed by atoms with E-state index in [9.17, 15) is 0 Å². The van der Waals surface area contributed by atoms with Crippen LogP contribution in [0.5, 0.6) is 0 Å². The van der Waals surface area contributed by atoms with Crippen LogP contribution in [0.15, 0.2) is 0 Å². The molecule has 9 heavy (non-hydrogen) atoms. The minimum atomic E-state index is 0.369. The molecular weight excluding hydrogens is 135 g/mol. The Labute approximate surface area is 57.7 Å². The van der Waals surface area contributed by atoms with Crippen LogP contribution in [0.25, 0.3) is 0 Å². The molecule has 0 N–H and O–H groups in total. The third-order valence-corrected chi connectivity index (χ3v) is 3.09. The molecule has 3 heteroatoms. The topological polar surface area (TPSA) is 18.5 Å². The summed E-state index contributed by atoms with van der Waals surface area (Å²) in [6.07, 6.45) is 3.12. The Bertz CT molecular complexity index is 77.1. The van der Waals surface area contributed by atoms with Gasteiger partial charge in [-0.2, -0.15) is 0 Å². The van der Waals surface area contributed by atoms with Crippen molar-refractivity contribution < 1.29 is 9.47 Å². The lowest BCUT2D eigenvalue weighted by atomic mass is 10.3. The fourth-order valence-electron chi connectivity index (χ4n) is 1.10. The molecule has 1 aliphatic heterocycles. The van der Waals surface area contributed by atoms with Crippen LogP contribution in [0.2, 0.25) is 0 Å². The lowest BCUT2D eigenvalue weighted by Gasteiger charge is -2.14. The number of ether oxygens (including phenoxy) is 2. The van der Waals surface area contributed by atoms with Gasteiger partial charge in [0.2, 0.25) is 0 Å². The summed E-state index contributed by atoms with van der Waals surface area (Å²) in [5, 5.41) is 0. The minimum absolute atomic E-state index is 0.369. The normalized spacial score (nSPS) is 35.3. The molecule has 0 saturated carbocycles. The molecule has 1 heterocycles. The van der Waals surface area contributed by atoms with Crippen molar-refractivity contribution in [1.29, 1.82) is 0 Å². The number of methoxy groups -OCH3 is 2. The molecular formula is C6H13O2P. The zero-order chi connectivity index (χ0) is 6.69. The Balaban J connectivity index is 2.32. The summed E-state index contributed by atoms with van der Waals surface area (Å²) in [6.45, 7) is 0. The van der Waals surface area contributed by atoms with E-state index in [4.69, 9.17) is 9.47 Å². The van der Waals surface area contributed by atoms with Gasteiger partial charge in [-0.1, -0.05) is 0 Å². The predicted octanol–water partition coefficient (Wildman–Crippen LogP) is 0.708. The number of hydrogen-bond acceptors (Lipinski definition) is 2. The van der Waals surface area contributed by atoms with Gasteiger partial charge in [-0.15, -0.1) is 8.58 Å². The van der Waals surface area contributed by atoms with E-state index in [0.717, 1.165) is 8.58 Å². The Kier molecular flexibility index (Phi) is 2.90. The summed E-state index contributed by atoms with van der Waals surface area (Å²) in [5.41, 5.74) is 0. The van der Waals surface area contributed by atoms with Gasteiger partial charge in [0.05, 0.1) is 12.2 Å². The molecule has 0 amide bonds. The summed E-state index contributed by atoms with van der Waals surface area (Å²) in [4.78, 5) is 0. The zero-order valence-electron chi connectivity index (χ0n) is 5.89. The van der Waals surface area contributed by atoms with Gasteiger partial charge < -0.3 is 9.47 Å². The number of hydrogen-bond donors (Lipinski definition) is 0. The summed E-state index contributed by atoms with van der Waals surface area (Å²) in [7, 11) is 4.55. The molecule has 0 spiro atoms. The van der Waals surface area contributed by atoms with E-state index < -0.39 is 0 Å². The smallest absolute Gasteiger partial charge is 0.0872 e. The van der Waals surface area contributed by atoms with Gasteiger partial charge in [-0.25, -0.2) is 0 Å². The maximum Gasteiger partial charge on any atom is 0.0872 e. The fourth-order valence-corrected chi connectivity index (χ4v) is 2.70. The largest absolute Gasteiger partial charge is 0.378 e. The SMILES string of the molecule is CO[C@H]1CPC[C@@H]1OC. The molecule has 0 radical (unpaired) electrons. The van der Waals surface area contributed by atoms with Crippen molar-refractivity contribution in [3.63, 3.8) is 0 Å². The average molecular weight is 148 g/mol. The highest BCUT2D eigenvalue weighted by Gasteiger charge is 2.26. The molecule has 0 aromatic rings. The highest BCUT2D eigenvalue weighted by atomic mass is 31.1.